The highest BCUT2D eigenvalue weighted by Crippen LogP contribution is 2.33. The minimum absolute atomic E-state index is 0.0565. The van der Waals surface area contributed by atoms with E-state index in [0.29, 0.717) is 31.2 Å². The molecule has 0 aliphatic carbocycles. The summed E-state index contributed by atoms with van der Waals surface area (Å²) < 4.78 is 5.45. The molecule has 0 amide bonds. The van der Waals surface area contributed by atoms with Crippen LogP contribution in [-0.2, 0) is 11.2 Å². The Hall–Kier alpha value is -2.09. The zero-order valence-corrected chi connectivity index (χ0v) is 15.8. The number of morpholine rings is 1. The Kier molecular flexibility index (Phi) is 6.13. The van der Waals surface area contributed by atoms with Gasteiger partial charge in [0.1, 0.15) is 5.82 Å². The van der Waals surface area contributed by atoms with Crippen LogP contribution in [0.25, 0.3) is 17.5 Å². The smallest absolute Gasteiger partial charge is 0.162 e. The van der Waals surface area contributed by atoms with E-state index < -0.39 is 0 Å². The summed E-state index contributed by atoms with van der Waals surface area (Å²) in [6.45, 7) is 6.79. The first kappa shape index (κ1) is 18.7. The molecule has 6 nitrogen and oxygen atoms in total. The molecule has 0 atom stereocenters. The Balaban J connectivity index is 2.15. The molecule has 1 aromatic heterocycles. The van der Waals surface area contributed by atoms with Gasteiger partial charge in [-0.15, -0.1) is 12.6 Å². The Morgan fingerprint density at radius 3 is 2.77 bits per heavy atom. The number of nitrogens with zero attached hydrogens (tertiary/aromatic N) is 3. The van der Waals surface area contributed by atoms with Gasteiger partial charge in [-0.1, -0.05) is 18.7 Å². The van der Waals surface area contributed by atoms with Crippen LogP contribution in [0.2, 0.25) is 0 Å². The van der Waals surface area contributed by atoms with Gasteiger partial charge in [-0.25, -0.2) is 9.97 Å². The predicted octanol–water partition coefficient (Wildman–Crippen LogP) is 2.49. The fourth-order valence-electron chi connectivity index (χ4n) is 3.13. The topological polar surface area (TPSA) is 70.5 Å². The van der Waals surface area contributed by atoms with E-state index in [0.717, 1.165) is 40.6 Å². The molecule has 0 radical (unpaired) electrons. The van der Waals surface area contributed by atoms with Gasteiger partial charge in [0.15, 0.2) is 5.82 Å². The van der Waals surface area contributed by atoms with Gasteiger partial charge in [0, 0.05) is 38.0 Å². The second-order valence-corrected chi connectivity index (χ2v) is 6.41. The molecular weight excluding hydrogens is 348 g/mol. The minimum atomic E-state index is 0.0565. The standard InChI is InChI=1S/C19H24N4O2S/c1-3-15-17(26)19(23-8-11-25-12-9-23)22-18(21-15)14-5-4-6-16(20-2)13(14)7-10-24/h3-6,20,24,26H,1,7-12H2,2H3. The van der Waals surface area contributed by atoms with Crippen molar-refractivity contribution >= 4 is 30.2 Å². The summed E-state index contributed by atoms with van der Waals surface area (Å²) >= 11 is 4.64. The lowest BCUT2D eigenvalue weighted by atomic mass is 10.0. The van der Waals surface area contributed by atoms with E-state index in [1.54, 1.807) is 6.08 Å². The molecule has 2 aromatic rings. The van der Waals surface area contributed by atoms with Crippen LogP contribution in [0.3, 0.4) is 0 Å². The maximum atomic E-state index is 9.50. The number of nitrogens with one attached hydrogen (secondary N) is 1. The van der Waals surface area contributed by atoms with Crippen LogP contribution in [0.1, 0.15) is 11.3 Å². The third-order valence-corrected chi connectivity index (χ3v) is 4.87. The summed E-state index contributed by atoms with van der Waals surface area (Å²) in [6, 6.07) is 5.93. The van der Waals surface area contributed by atoms with Crippen LogP contribution in [0, 0.1) is 0 Å². The lowest BCUT2D eigenvalue weighted by molar-refractivity contribution is 0.122. The molecule has 0 unspecified atom stereocenters. The molecule has 0 bridgehead atoms. The van der Waals surface area contributed by atoms with Crippen molar-refractivity contribution in [2.45, 2.75) is 11.3 Å². The number of ether oxygens (including phenoxy) is 1. The average Bonchev–Trinajstić information content (AvgIpc) is 2.69. The normalized spacial score (nSPS) is 14.3. The van der Waals surface area contributed by atoms with Gasteiger partial charge in [0.05, 0.1) is 23.8 Å². The largest absolute Gasteiger partial charge is 0.396 e. The third-order valence-electron chi connectivity index (χ3n) is 4.44. The van der Waals surface area contributed by atoms with E-state index >= 15 is 0 Å². The highest BCUT2D eigenvalue weighted by Gasteiger charge is 2.20. The molecule has 7 heteroatoms. The van der Waals surface area contributed by atoms with Crippen molar-refractivity contribution in [2.24, 2.45) is 0 Å². The Labute approximate surface area is 159 Å². The average molecular weight is 372 g/mol. The lowest BCUT2D eigenvalue weighted by Crippen LogP contribution is -2.37. The first-order chi connectivity index (χ1) is 12.7. The number of hydrogen-bond donors (Lipinski definition) is 3. The van der Waals surface area contributed by atoms with Crippen molar-refractivity contribution in [3.05, 3.63) is 36.0 Å². The molecule has 1 aromatic carbocycles. The molecule has 2 N–H and O–H groups in total. The number of anilines is 2. The zero-order valence-electron chi connectivity index (χ0n) is 14.9. The zero-order chi connectivity index (χ0) is 18.5. The molecule has 1 saturated heterocycles. The molecular formula is C19H24N4O2S. The van der Waals surface area contributed by atoms with Gasteiger partial charge in [0.2, 0.25) is 0 Å². The van der Waals surface area contributed by atoms with E-state index in [-0.39, 0.29) is 6.61 Å². The molecule has 2 heterocycles. The van der Waals surface area contributed by atoms with Crippen LogP contribution in [0.5, 0.6) is 0 Å². The number of benzene rings is 1. The fourth-order valence-corrected chi connectivity index (χ4v) is 3.46. The Morgan fingerprint density at radius 2 is 2.12 bits per heavy atom. The van der Waals surface area contributed by atoms with Crippen molar-refractivity contribution < 1.29 is 9.84 Å². The summed E-state index contributed by atoms with van der Waals surface area (Å²) in [6.07, 6.45) is 2.22. The number of thiol groups is 1. The van der Waals surface area contributed by atoms with Gasteiger partial charge in [-0.3, -0.25) is 0 Å². The van der Waals surface area contributed by atoms with E-state index in [1.165, 1.54) is 0 Å². The lowest BCUT2D eigenvalue weighted by Gasteiger charge is -2.29. The number of hydrogen-bond acceptors (Lipinski definition) is 7. The van der Waals surface area contributed by atoms with Gasteiger partial charge in [0.25, 0.3) is 0 Å². The van der Waals surface area contributed by atoms with Crippen molar-refractivity contribution in [1.82, 2.24) is 9.97 Å². The molecule has 1 fully saturated rings. The third kappa shape index (κ3) is 3.70. The highest BCUT2D eigenvalue weighted by atomic mass is 32.1. The maximum Gasteiger partial charge on any atom is 0.162 e. The van der Waals surface area contributed by atoms with E-state index in [9.17, 15) is 5.11 Å². The van der Waals surface area contributed by atoms with Crippen molar-refractivity contribution in [3.63, 3.8) is 0 Å². The molecule has 138 valence electrons. The molecule has 0 spiro atoms. The summed E-state index contributed by atoms with van der Waals surface area (Å²) in [4.78, 5) is 12.4. The summed E-state index contributed by atoms with van der Waals surface area (Å²) in [5, 5.41) is 12.7. The number of aliphatic hydroxyl groups excluding tert-OH is 1. The van der Waals surface area contributed by atoms with Crippen LogP contribution in [0.15, 0.2) is 29.7 Å². The number of aromatic nitrogens is 2. The number of rotatable bonds is 6. The first-order valence-corrected chi connectivity index (χ1v) is 9.11. The van der Waals surface area contributed by atoms with E-state index in [2.05, 4.69) is 34.4 Å². The highest BCUT2D eigenvalue weighted by molar-refractivity contribution is 7.80. The second kappa shape index (κ2) is 8.53. The van der Waals surface area contributed by atoms with Crippen LogP contribution in [-0.4, -0.2) is 55.0 Å². The predicted molar refractivity (Wildman–Crippen MR) is 108 cm³/mol. The van der Waals surface area contributed by atoms with Crippen LogP contribution < -0.4 is 10.2 Å². The van der Waals surface area contributed by atoms with Gasteiger partial charge >= 0.3 is 0 Å². The quantitative estimate of drug-likeness (QED) is 0.677. The SMILES string of the molecule is C=Cc1nc(-c2cccc(NC)c2CCO)nc(N2CCOCC2)c1S. The summed E-state index contributed by atoms with van der Waals surface area (Å²) in [5.41, 5.74) is 3.55. The molecule has 26 heavy (non-hydrogen) atoms. The van der Waals surface area contributed by atoms with Crippen molar-refractivity contribution in [1.29, 1.82) is 0 Å². The van der Waals surface area contributed by atoms with E-state index in [4.69, 9.17) is 9.72 Å². The summed E-state index contributed by atoms with van der Waals surface area (Å²) in [7, 11) is 1.87. The van der Waals surface area contributed by atoms with Gasteiger partial charge in [-0.2, -0.15) is 0 Å². The maximum absolute atomic E-state index is 9.50. The van der Waals surface area contributed by atoms with Crippen molar-refractivity contribution in [2.75, 3.05) is 50.2 Å². The Morgan fingerprint density at radius 1 is 1.35 bits per heavy atom. The number of aliphatic hydroxyl groups is 1. The minimum Gasteiger partial charge on any atom is -0.396 e. The first-order valence-electron chi connectivity index (χ1n) is 8.66. The van der Waals surface area contributed by atoms with Crippen LogP contribution >= 0.6 is 12.6 Å². The fraction of sp³-hybridized carbons (Fsp3) is 0.368. The van der Waals surface area contributed by atoms with E-state index in [1.807, 2.05) is 25.2 Å². The van der Waals surface area contributed by atoms with Crippen molar-refractivity contribution in [3.8, 4) is 11.4 Å². The Bertz CT molecular complexity index is 791. The molecule has 0 saturated carbocycles. The molecule has 1 aliphatic heterocycles. The summed E-state index contributed by atoms with van der Waals surface area (Å²) in [5.74, 6) is 1.40. The molecule has 3 rings (SSSR count). The van der Waals surface area contributed by atoms with Crippen LogP contribution in [0.4, 0.5) is 11.5 Å². The monoisotopic (exact) mass is 372 g/mol. The van der Waals surface area contributed by atoms with Gasteiger partial charge in [-0.05, 0) is 24.1 Å². The molecule has 1 aliphatic rings. The second-order valence-electron chi connectivity index (χ2n) is 5.96. The van der Waals surface area contributed by atoms with Gasteiger partial charge < -0.3 is 20.1 Å².